The van der Waals surface area contributed by atoms with Crippen molar-refractivity contribution >= 4 is 35.6 Å². The van der Waals surface area contributed by atoms with Gasteiger partial charge in [0.15, 0.2) is 23.0 Å². The number of ether oxygens (including phenoxy) is 6. The van der Waals surface area contributed by atoms with Crippen LogP contribution in [0.15, 0.2) is 34.3 Å². The van der Waals surface area contributed by atoms with Gasteiger partial charge in [-0.3, -0.25) is 19.6 Å². The molecule has 2 amide bonds. The van der Waals surface area contributed by atoms with Crippen molar-refractivity contribution in [1.29, 1.82) is 0 Å². The van der Waals surface area contributed by atoms with Crippen molar-refractivity contribution in [1.82, 2.24) is 9.80 Å². The third-order valence-electron chi connectivity index (χ3n) is 9.13. The maximum atomic E-state index is 13.4. The fourth-order valence-corrected chi connectivity index (χ4v) is 6.65. The quantitative estimate of drug-likeness (QED) is 0.328. The molecule has 0 bridgehead atoms. The average Bonchev–Trinajstić information content (AvgIpc) is 3.60. The van der Waals surface area contributed by atoms with Crippen LogP contribution in [0.4, 0.5) is 11.4 Å². The lowest BCUT2D eigenvalue weighted by atomic mass is 10.0. The summed E-state index contributed by atoms with van der Waals surface area (Å²) in [7, 11) is 6.24. The van der Waals surface area contributed by atoms with Gasteiger partial charge in [0.05, 0.1) is 76.2 Å². The number of fused-ring (bicyclic) bond motifs is 4. The number of benzene rings is 2. The van der Waals surface area contributed by atoms with Gasteiger partial charge in [-0.15, -0.1) is 0 Å². The molecular weight excluding hydrogens is 580 g/mol. The van der Waals surface area contributed by atoms with Gasteiger partial charge in [-0.05, 0) is 31.4 Å². The Bertz CT molecular complexity index is 1380. The number of amides is 2. The van der Waals surface area contributed by atoms with Crippen LogP contribution in [0.2, 0.25) is 0 Å². The van der Waals surface area contributed by atoms with Crippen molar-refractivity contribution in [2.24, 2.45) is 21.8 Å². The molecule has 4 aliphatic rings. The second kappa shape index (κ2) is 13.5. The van der Waals surface area contributed by atoms with E-state index in [9.17, 15) is 9.59 Å². The highest BCUT2D eigenvalue weighted by Crippen LogP contribution is 2.40. The minimum absolute atomic E-state index is 0.0569. The van der Waals surface area contributed by atoms with E-state index in [4.69, 9.17) is 28.4 Å². The molecule has 2 saturated heterocycles. The molecule has 4 heterocycles. The van der Waals surface area contributed by atoms with Crippen LogP contribution >= 0.6 is 0 Å². The maximum absolute atomic E-state index is 13.4. The van der Waals surface area contributed by atoms with E-state index in [-0.39, 0.29) is 35.7 Å². The fraction of sp³-hybridized carbons (Fsp3) is 0.515. The van der Waals surface area contributed by atoms with E-state index in [1.807, 2.05) is 22.2 Å². The summed E-state index contributed by atoms with van der Waals surface area (Å²) in [4.78, 5) is 39.8. The number of hydrogen-bond acceptors (Lipinski definition) is 10. The van der Waals surface area contributed by atoms with Crippen molar-refractivity contribution in [3.8, 4) is 23.0 Å². The van der Waals surface area contributed by atoms with Crippen LogP contribution < -0.4 is 18.9 Å². The van der Waals surface area contributed by atoms with E-state index in [0.29, 0.717) is 85.0 Å². The third-order valence-corrected chi connectivity index (χ3v) is 9.13. The van der Waals surface area contributed by atoms with E-state index >= 15 is 0 Å². The Morgan fingerprint density at radius 3 is 1.44 bits per heavy atom. The maximum Gasteiger partial charge on any atom is 0.256 e. The zero-order chi connectivity index (χ0) is 31.5. The molecule has 0 saturated carbocycles. The highest BCUT2D eigenvalue weighted by atomic mass is 16.5. The molecule has 0 unspecified atom stereocenters. The highest BCUT2D eigenvalue weighted by molar-refractivity contribution is 6.04. The summed E-state index contributed by atoms with van der Waals surface area (Å²) in [5.74, 6) is 2.31. The van der Waals surface area contributed by atoms with Gasteiger partial charge in [-0.25, -0.2) is 0 Å². The largest absolute Gasteiger partial charge is 0.493 e. The first-order chi connectivity index (χ1) is 22.0. The Morgan fingerprint density at radius 2 is 1.04 bits per heavy atom. The van der Waals surface area contributed by atoms with Gasteiger partial charge in [0.25, 0.3) is 11.8 Å². The predicted octanol–water partition coefficient (Wildman–Crippen LogP) is 3.94. The number of carbonyl (C=O) groups is 2. The number of nitrogens with zero attached hydrogens (tertiary/aromatic N) is 4. The Morgan fingerprint density at radius 1 is 0.644 bits per heavy atom. The van der Waals surface area contributed by atoms with Crippen molar-refractivity contribution in [3.63, 3.8) is 0 Å². The molecular formula is C33H40N4O8. The number of carbonyl (C=O) groups excluding carboxylic acids is 2. The molecule has 240 valence electrons. The second-order valence-electron chi connectivity index (χ2n) is 11.6. The van der Waals surface area contributed by atoms with Crippen LogP contribution in [0.3, 0.4) is 0 Å². The minimum Gasteiger partial charge on any atom is -0.493 e. The van der Waals surface area contributed by atoms with Gasteiger partial charge >= 0.3 is 0 Å². The van der Waals surface area contributed by atoms with E-state index in [0.717, 1.165) is 19.3 Å². The standard InChI is InChI=1S/C33H40N4O8/c1-40-28-12-22-24(14-30(28)42-3)34-16-26-20(6-8-36(26)32(22)38)18-44-10-5-11-45-19-21-7-9-37-27(21)17-35-25-15-31(43-4)29(41-2)13-23(25)33(37)39/h12-17,20-21,26-27H,5-11,18-19H2,1-4H3/t20-,21-,26+,27+/m0/s1. The predicted molar refractivity (Wildman–Crippen MR) is 168 cm³/mol. The van der Waals surface area contributed by atoms with Crippen LogP contribution in [0.5, 0.6) is 23.0 Å². The van der Waals surface area contributed by atoms with Crippen molar-refractivity contribution < 1.29 is 38.0 Å². The first-order valence-corrected chi connectivity index (χ1v) is 15.3. The molecule has 4 atom stereocenters. The Hall–Kier alpha value is -4.16. The molecule has 12 nitrogen and oxygen atoms in total. The van der Waals surface area contributed by atoms with E-state index < -0.39 is 0 Å². The molecule has 2 aromatic carbocycles. The molecule has 6 rings (SSSR count). The summed E-state index contributed by atoms with van der Waals surface area (Å²) < 4.78 is 33.7. The van der Waals surface area contributed by atoms with Gasteiger partial charge in [0.2, 0.25) is 0 Å². The summed E-state index contributed by atoms with van der Waals surface area (Å²) >= 11 is 0. The summed E-state index contributed by atoms with van der Waals surface area (Å²) in [6.07, 6.45) is 6.17. The lowest BCUT2D eigenvalue weighted by molar-refractivity contribution is 0.0498. The first-order valence-electron chi connectivity index (χ1n) is 15.3. The lowest BCUT2D eigenvalue weighted by Gasteiger charge is -2.24. The molecule has 0 aromatic heterocycles. The van der Waals surface area contributed by atoms with Crippen molar-refractivity contribution in [2.45, 2.75) is 31.3 Å². The van der Waals surface area contributed by atoms with Crippen LogP contribution in [-0.4, -0.2) is 114 Å². The Kier molecular flexibility index (Phi) is 9.22. The number of rotatable bonds is 12. The molecule has 45 heavy (non-hydrogen) atoms. The molecule has 0 aliphatic carbocycles. The summed E-state index contributed by atoms with van der Waals surface area (Å²) in [6, 6.07) is 6.65. The number of hydrogen-bond donors (Lipinski definition) is 0. The van der Waals surface area contributed by atoms with Gasteiger partial charge in [0, 0.05) is 62.7 Å². The Labute approximate surface area is 262 Å². The van der Waals surface area contributed by atoms with Crippen LogP contribution in [0.1, 0.15) is 40.0 Å². The summed E-state index contributed by atoms with van der Waals surface area (Å²) in [5.41, 5.74) is 2.19. The molecule has 4 aliphatic heterocycles. The van der Waals surface area contributed by atoms with Gasteiger partial charge in [-0.2, -0.15) is 0 Å². The average molecular weight is 621 g/mol. The minimum atomic E-state index is -0.124. The number of methoxy groups -OCH3 is 4. The smallest absolute Gasteiger partial charge is 0.256 e. The van der Waals surface area contributed by atoms with Crippen molar-refractivity contribution in [2.75, 3.05) is 68.0 Å². The summed E-state index contributed by atoms with van der Waals surface area (Å²) in [5, 5.41) is 0. The third kappa shape index (κ3) is 5.96. The molecule has 12 heteroatoms. The molecule has 0 radical (unpaired) electrons. The van der Waals surface area contributed by atoms with Crippen LogP contribution in [0.25, 0.3) is 0 Å². The zero-order valence-electron chi connectivity index (χ0n) is 26.2. The lowest BCUT2D eigenvalue weighted by Crippen LogP contribution is -2.39. The van der Waals surface area contributed by atoms with Gasteiger partial charge in [-0.1, -0.05) is 0 Å². The zero-order valence-corrected chi connectivity index (χ0v) is 26.2. The normalized spacial score (nSPS) is 23.2. The topological polar surface area (TPSA) is 121 Å². The second-order valence-corrected chi connectivity index (χ2v) is 11.6. The van der Waals surface area contributed by atoms with Gasteiger partial charge < -0.3 is 38.2 Å². The van der Waals surface area contributed by atoms with Gasteiger partial charge in [0.1, 0.15) is 0 Å². The van der Waals surface area contributed by atoms with Crippen LogP contribution in [0, 0.1) is 11.8 Å². The molecule has 2 aromatic rings. The molecule has 2 fully saturated rings. The molecule has 0 N–H and O–H groups in total. The Balaban J connectivity index is 0.957. The van der Waals surface area contributed by atoms with Crippen molar-refractivity contribution in [3.05, 3.63) is 35.4 Å². The van der Waals surface area contributed by atoms with E-state index in [1.54, 1.807) is 52.7 Å². The molecule has 0 spiro atoms. The van der Waals surface area contributed by atoms with Crippen LogP contribution in [-0.2, 0) is 9.47 Å². The van der Waals surface area contributed by atoms with E-state index in [1.165, 1.54) is 0 Å². The first kappa shape index (κ1) is 30.8. The monoisotopic (exact) mass is 620 g/mol. The fourth-order valence-electron chi connectivity index (χ4n) is 6.65. The van der Waals surface area contributed by atoms with E-state index in [2.05, 4.69) is 9.98 Å². The number of aliphatic imine (C=N–C) groups is 2. The SMILES string of the molecule is COc1cc2c(cc1OC)C(=O)N1CC[C@@H](COCCCOC[C@@H]3CCN4C(=O)c5cc(OC)c(OC)cc5N=C[C@H]34)[C@H]1C=N2. The highest BCUT2D eigenvalue weighted by Gasteiger charge is 2.40. The summed E-state index contributed by atoms with van der Waals surface area (Å²) in [6.45, 7) is 3.50.